The molecule has 7 heteroatoms. The molecule has 5 nitrogen and oxygen atoms in total. The molecule has 2 heterocycles. The van der Waals surface area contributed by atoms with Gasteiger partial charge in [-0.05, 0) is 42.0 Å². The van der Waals surface area contributed by atoms with E-state index in [1.165, 1.54) is 11.3 Å². The first-order chi connectivity index (χ1) is 12.6. The molecule has 0 spiro atoms. The van der Waals surface area contributed by atoms with Crippen molar-refractivity contribution in [1.82, 2.24) is 4.90 Å². The summed E-state index contributed by atoms with van der Waals surface area (Å²) in [6, 6.07) is 14.7. The highest BCUT2D eigenvalue weighted by atomic mass is 35.5. The van der Waals surface area contributed by atoms with Crippen molar-refractivity contribution < 1.29 is 8.95 Å². The first-order valence-electron chi connectivity index (χ1n) is 8.98. The molecule has 27 heavy (non-hydrogen) atoms. The Kier molecular flexibility index (Phi) is 6.29. The quantitative estimate of drug-likeness (QED) is 0.778. The van der Waals surface area contributed by atoms with Crippen molar-refractivity contribution in [2.45, 2.75) is 11.4 Å². The van der Waals surface area contributed by atoms with Gasteiger partial charge in [0, 0.05) is 45.5 Å². The summed E-state index contributed by atoms with van der Waals surface area (Å²) in [6.45, 7) is 5.03. The minimum absolute atomic E-state index is 0. The van der Waals surface area contributed by atoms with Gasteiger partial charge in [0.05, 0.1) is 34.4 Å². The second-order valence-corrected chi connectivity index (χ2v) is 8.32. The summed E-state index contributed by atoms with van der Waals surface area (Å²) in [5, 5.41) is 0. The molecule has 0 aliphatic carbocycles. The number of anilines is 2. The van der Waals surface area contributed by atoms with Gasteiger partial charge in [-0.3, -0.25) is 9.11 Å². The Morgan fingerprint density at radius 2 is 1.74 bits per heavy atom. The molecule has 1 unspecified atom stereocenters. The predicted molar refractivity (Wildman–Crippen MR) is 114 cm³/mol. The average Bonchev–Trinajstić information content (AvgIpc) is 2.96. The van der Waals surface area contributed by atoms with E-state index in [0.717, 1.165) is 49.1 Å². The Balaban J connectivity index is 0.00000210. The number of rotatable bonds is 4. The molecule has 2 aromatic carbocycles. The van der Waals surface area contributed by atoms with E-state index in [1.54, 1.807) is 7.11 Å². The van der Waals surface area contributed by atoms with E-state index in [2.05, 4.69) is 45.0 Å². The molecular weight excluding hydrogens is 382 g/mol. The minimum atomic E-state index is -0.889. The van der Waals surface area contributed by atoms with Crippen molar-refractivity contribution in [2.75, 3.05) is 56.0 Å². The normalized spacial score (nSPS) is 19.6. The van der Waals surface area contributed by atoms with Gasteiger partial charge in [-0.15, -0.1) is 12.4 Å². The number of ether oxygens (including phenoxy) is 1. The van der Waals surface area contributed by atoms with Gasteiger partial charge in [0.1, 0.15) is 5.75 Å². The third-order valence-corrected chi connectivity index (χ3v) is 6.65. The Morgan fingerprint density at radius 1 is 1.04 bits per heavy atom. The molecule has 0 bridgehead atoms. The molecule has 0 N–H and O–H groups in total. The van der Waals surface area contributed by atoms with Crippen molar-refractivity contribution in [3.05, 3.63) is 48.0 Å². The molecule has 2 aromatic rings. The Bertz CT molecular complexity index is 807. The molecule has 0 saturated carbocycles. The summed E-state index contributed by atoms with van der Waals surface area (Å²) in [7, 11) is 2.81. The van der Waals surface area contributed by atoms with Crippen molar-refractivity contribution in [3.8, 4) is 5.75 Å². The Labute approximate surface area is 169 Å². The van der Waals surface area contributed by atoms with E-state index < -0.39 is 10.8 Å². The first kappa shape index (κ1) is 20.0. The van der Waals surface area contributed by atoms with Gasteiger partial charge < -0.3 is 14.5 Å². The molecule has 2 aliphatic heterocycles. The largest absolute Gasteiger partial charge is 0.497 e. The van der Waals surface area contributed by atoms with E-state index in [0.29, 0.717) is 5.88 Å². The lowest BCUT2D eigenvalue weighted by molar-refractivity contribution is 0.249. The zero-order chi connectivity index (χ0) is 18.1. The molecular formula is C20H26ClN3O2S. The molecule has 4 rings (SSSR count). The zero-order valence-corrected chi connectivity index (χ0v) is 17.4. The SMILES string of the molecule is COc1ccc(N2CCN(Cc3ccc4c(c3)S(=O)CN4C)CC2)cc1.Cl. The fourth-order valence-corrected chi connectivity index (χ4v) is 5.05. The third-order valence-electron chi connectivity index (χ3n) is 5.21. The van der Waals surface area contributed by atoms with Crippen LogP contribution >= 0.6 is 12.4 Å². The van der Waals surface area contributed by atoms with Crippen LogP contribution in [0.15, 0.2) is 47.4 Å². The Morgan fingerprint density at radius 3 is 2.41 bits per heavy atom. The van der Waals surface area contributed by atoms with Crippen LogP contribution in [-0.4, -0.2) is 55.3 Å². The van der Waals surface area contributed by atoms with E-state index in [4.69, 9.17) is 4.74 Å². The van der Waals surface area contributed by atoms with Crippen LogP contribution in [0.2, 0.25) is 0 Å². The second kappa shape index (κ2) is 8.50. The highest BCUT2D eigenvalue weighted by molar-refractivity contribution is 7.85. The number of fused-ring (bicyclic) bond motifs is 1. The van der Waals surface area contributed by atoms with Crippen molar-refractivity contribution in [3.63, 3.8) is 0 Å². The number of benzene rings is 2. The van der Waals surface area contributed by atoms with Crippen molar-refractivity contribution in [2.24, 2.45) is 0 Å². The van der Waals surface area contributed by atoms with Crippen LogP contribution in [0.5, 0.6) is 5.75 Å². The van der Waals surface area contributed by atoms with E-state index in [-0.39, 0.29) is 12.4 Å². The zero-order valence-electron chi connectivity index (χ0n) is 15.8. The number of halogens is 1. The number of hydrogen-bond donors (Lipinski definition) is 0. The van der Waals surface area contributed by atoms with E-state index in [1.807, 2.05) is 19.2 Å². The van der Waals surface area contributed by atoms with E-state index >= 15 is 0 Å². The molecule has 0 aromatic heterocycles. The summed E-state index contributed by atoms with van der Waals surface area (Å²) in [6.07, 6.45) is 0. The molecule has 1 atom stereocenters. The summed E-state index contributed by atoms with van der Waals surface area (Å²) >= 11 is 0. The van der Waals surface area contributed by atoms with Gasteiger partial charge in [-0.2, -0.15) is 0 Å². The number of hydrogen-bond acceptors (Lipinski definition) is 5. The maximum Gasteiger partial charge on any atom is 0.119 e. The lowest BCUT2D eigenvalue weighted by atomic mass is 10.1. The number of nitrogens with zero attached hydrogens (tertiary/aromatic N) is 3. The second-order valence-electron chi connectivity index (χ2n) is 6.94. The maximum absolute atomic E-state index is 12.2. The standard InChI is InChI=1S/C20H25N3O2S.ClH/c1-21-15-26(24)20-13-16(3-8-19(20)21)14-22-9-11-23(12-10-22)17-4-6-18(25-2)7-5-17;/h3-8,13H,9-12,14-15H2,1-2H3;1H. The summed E-state index contributed by atoms with van der Waals surface area (Å²) < 4.78 is 17.4. The molecule has 0 radical (unpaired) electrons. The first-order valence-corrected chi connectivity index (χ1v) is 10.3. The van der Waals surface area contributed by atoms with Gasteiger partial charge >= 0.3 is 0 Å². The van der Waals surface area contributed by atoms with Gasteiger partial charge in [0.15, 0.2) is 0 Å². The molecule has 1 saturated heterocycles. The van der Waals surface area contributed by atoms with Crippen LogP contribution in [0, 0.1) is 0 Å². The van der Waals surface area contributed by atoms with Gasteiger partial charge in [0.25, 0.3) is 0 Å². The molecule has 1 fully saturated rings. The molecule has 146 valence electrons. The van der Waals surface area contributed by atoms with Crippen LogP contribution in [0.3, 0.4) is 0 Å². The van der Waals surface area contributed by atoms with Crippen LogP contribution in [0.25, 0.3) is 0 Å². The van der Waals surface area contributed by atoms with Crippen molar-refractivity contribution >= 4 is 34.6 Å². The highest BCUT2D eigenvalue weighted by Crippen LogP contribution is 2.31. The smallest absolute Gasteiger partial charge is 0.119 e. The predicted octanol–water partition coefficient (Wildman–Crippen LogP) is 2.95. The summed E-state index contributed by atoms with van der Waals surface area (Å²) in [5.74, 6) is 1.51. The molecule has 2 aliphatic rings. The Hall–Kier alpha value is -1.76. The third kappa shape index (κ3) is 4.23. The van der Waals surface area contributed by atoms with Crippen molar-refractivity contribution in [1.29, 1.82) is 0 Å². The highest BCUT2D eigenvalue weighted by Gasteiger charge is 2.23. The van der Waals surface area contributed by atoms with Gasteiger partial charge in [0.2, 0.25) is 0 Å². The van der Waals surface area contributed by atoms with Crippen LogP contribution in [0.1, 0.15) is 5.56 Å². The average molecular weight is 408 g/mol. The number of methoxy groups -OCH3 is 1. The lowest BCUT2D eigenvalue weighted by Crippen LogP contribution is -2.45. The monoisotopic (exact) mass is 407 g/mol. The maximum atomic E-state index is 12.2. The van der Waals surface area contributed by atoms with Gasteiger partial charge in [-0.1, -0.05) is 6.07 Å². The summed E-state index contributed by atoms with van der Waals surface area (Å²) in [4.78, 5) is 7.95. The lowest BCUT2D eigenvalue weighted by Gasteiger charge is -2.36. The number of piperazine rings is 1. The fourth-order valence-electron chi connectivity index (χ4n) is 3.68. The topological polar surface area (TPSA) is 36.0 Å². The molecule has 0 amide bonds. The minimum Gasteiger partial charge on any atom is -0.497 e. The summed E-state index contributed by atoms with van der Waals surface area (Å²) in [5.41, 5.74) is 3.61. The van der Waals surface area contributed by atoms with Crippen LogP contribution in [-0.2, 0) is 17.3 Å². The van der Waals surface area contributed by atoms with Crippen LogP contribution in [0.4, 0.5) is 11.4 Å². The van der Waals surface area contributed by atoms with Crippen LogP contribution < -0.4 is 14.5 Å². The van der Waals surface area contributed by atoms with Gasteiger partial charge in [-0.25, -0.2) is 0 Å². The fraction of sp³-hybridized carbons (Fsp3) is 0.400. The van der Waals surface area contributed by atoms with E-state index in [9.17, 15) is 4.21 Å².